The number of H-pyrrole nitrogens is 1. The predicted octanol–water partition coefficient (Wildman–Crippen LogP) is 2.07. The minimum atomic E-state index is -0.284. The van der Waals surface area contributed by atoms with Crippen LogP contribution in [-0.2, 0) is 6.54 Å². The maximum atomic E-state index is 11.5. The average Bonchev–Trinajstić information content (AvgIpc) is 2.66. The van der Waals surface area contributed by atoms with Crippen molar-refractivity contribution in [1.82, 2.24) is 9.97 Å². The first kappa shape index (κ1) is 12.6. The summed E-state index contributed by atoms with van der Waals surface area (Å²) in [5.74, 6) is 0.674. The summed E-state index contributed by atoms with van der Waals surface area (Å²) in [6.07, 6.45) is 1.36. The van der Waals surface area contributed by atoms with Crippen LogP contribution in [0.25, 0.3) is 0 Å². The molecule has 0 saturated heterocycles. The molecule has 0 fully saturated rings. The minimum Gasteiger partial charge on any atom is -0.489 e. The fourth-order valence-corrected chi connectivity index (χ4v) is 2.60. The molecule has 2 aromatic rings. The Balaban J connectivity index is 2.15. The molecule has 6 heteroatoms. The quantitative estimate of drug-likeness (QED) is 0.888. The molecule has 0 radical (unpaired) electrons. The SMILES string of the molecule is COc1c(NCc2cc(C)c(C)s2)nc[nH]c1=O. The molecule has 0 aliphatic carbocycles. The maximum Gasteiger partial charge on any atom is 0.295 e. The van der Waals surface area contributed by atoms with Gasteiger partial charge in [0, 0.05) is 9.75 Å². The first-order valence-corrected chi connectivity index (χ1v) is 6.35. The first-order valence-electron chi connectivity index (χ1n) is 5.53. The monoisotopic (exact) mass is 265 g/mol. The van der Waals surface area contributed by atoms with Crippen molar-refractivity contribution >= 4 is 17.2 Å². The molecule has 18 heavy (non-hydrogen) atoms. The lowest BCUT2D eigenvalue weighted by molar-refractivity contribution is 0.408. The zero-order valence-corrected chi connectivity index (χ0v) is 11.4. The predicted molar refractivity (Wildman–Crippen MR) is 72.5 cm³/mol. The number of rotatable bonds is 4. The number of hydrogen-bond acceptors (Lipinski definition) is 5. The Morgan fingerprint density at radius 3 is 2.89 bits per heavy atom. The van der Waals surface area contributed by atoms with Crippen molar-refractivity contribution in [2.24, 2.45) is 0 Å². The molecule has 2 heterocycles. The number of nitrogens with zero attached hydrogens (tertiary/aromatic N) is 1. The van der Waals surface area contributed by atoms with Gasteiger partial charge in [-0.2, -0.15) is 0 Å². The Labute approximate surface area is 109 Å². The second kappa shape index (κ2) is 5.22. The fraction of sp³-hybridized carbons (Fsp3) is 0.333. The topological polar surface area (TPSA) is 67.0 Å². The number of thiophene rings is 1. The van der Waals surface area contributed by atoms with Crippen molar-refractivity contribution < 1.29 is 4.74 Å². The van der Waals surface area contributed by atoms with Gasteiger partial charge in [0.05, 0.1) is 20.0 Å². The Hall–Kier alpha value is -1.82. The van der Waals surface area contributed by atoms with Crippen LogP contribution < -0.4 is 15.6 Å². The summed E-state index contributed by atoms with van der Waals surface area (Å²) < 4.78 is 5.03. The molecular formula is C12H15N3O2S. The standard InChI is InChI=1S/C12H15N3O2S/c1-7-4-9(18-8(7)2)5-13-11-10(17-3)12(16)15-6-14-11/h4,6H,5H2,1-3H3,(H2,13,14,15,16). The van der Waals surface area contributed by atoms with Gasteiger partial charge in [-0.05, 0) is 25.5 Å². The smallest absolute Gasteiger partial charge is 0.295 e. The van der Waals surface area contributed by atoms with Gasteiger partial charge in [-0.15, -0.1) is 11.3 Å². The number of aromatic amines is 1. The van der Waals surface area contributed by atoms with Gasteiger partial charge in [0.15, 0.2) is 5.82 Å². The van der Waals surface area contributed by atoms with Gasteiger partial charge in [-0.1, -0.05) is 0 Å². The van der Waals surface area contributed by atoms with E-state index >= 15 is 0 Å². The van der Waals surface area contributed by atoms with Gasteiger partial charge in [0.25, 0.3) is 5.56 Å². The summed E-state index contributed by atoms with van der Waals surface area (Å²) in [5.41, 5.74) is 0.996. The Morgan fingerprint density at radius 1 is 1.50 bits per heavy atom. The van der Waals surface area contributed by atoms with Crippen LogP contribution >= 0.6 is 11.3 Å². The summed E-state index contributed by atoms with van der Waals surface area (Å²) in [5, 5.41) is 3.12. The summed E-state index contributed by atoms with van der Waals surface area (Å²) in [7, 11) is 1.46. The lowest BCUT2D eigenvalue weighted by Crippen LogP contribution is -2.13. The van der Waals surface area contributed by atoms with Crippen LogP contribution in [0.4, 0.5) is 5.82 Å². The highest BCUT2D eigenvalue weighted by atomic mass is 32.1. The molecule has 0 amide bonds. The van der Waals surface area contributed by atoms with E-state index < -0.39 is 0 Å². The molecule has 2 N–H and O–H groups in total. The Morgan fingerprint density at radius 2 is 2.28 bits per heavy atom. The largest absolute Gasteiger partial charge is 0.489 e. The molecule has 0 saturated carbocycles. The van der Waals surface area contributed by atoms with E-state index in [1.54, 1.807) is 11.3 Å². The number of hydrogen-bond donors (Lipinski definition) is 2. The molecule has 0 unspecified atom stereocenters. The number of aromatic nitrogens is 2. The van der Waals surface area contributed by atoms with Crippen LogP contribution in [0.2, 0.25) is 0 Å². The molecule has 5 nitrogen and oxygen atoms in total. The normalized spacial score (nSPS) is 10.4. The van der Waals surface area contributed by atoms with Gasteiger partial charge in [0.1, 0.15) is 0 Å². The summed E-state index contributed by atoms with van der Waals surface area (Å²) in [6, 6.07) is 2.13. The highest BCUT2D eigenvalue weighted by molar-refractivity contribution is 7.12. The minimum absolute atomic E-state index is 0.211. The number of nitrogens with one attached hydrogen (secondary N) is 2. The van der Waals surface area contributed by atoms with E-state index in [4.69, 9.17) is 4.74 Å². The third kappa shape index (κ3) is 2.53. The van der Waals surface area contributed by atoms with Crippen molar-refractivity contribution in [3.63, 3.8) is 0 Å². The summed E-state index contributed by atoms with van der Waals surface area (Å²) in [4.78, 5) is 20.5. The third-order valence-corrected chi connectivity index (χ3v) is 3.81. The van der Waals surface area contributed by atoms with Crippen molar-refractivity contribution in [1.29, 1.82) is 0 Å². The summed E-state index contributed by atoms with van der Waals surface area (Å²) >= 11 is 1.73. The van der Waals surface area contributed by atoms with Gasteiger partial charge < -0.3 is 15.0 Å². The van der Waals surface area contributed by atoms with Crippen LogP contribution in [0, 0.1) is 13.8 Å². The number of aryl methyl sites for hydroxylation is 2. The van der Waals surface area contributed by atoms with Crippen LogP contribution in [0.15, 0.2) is 17.2 Å². The van der Waals surface area contributed by atoms with E-state index in [1.807, 2.05) is 0 Å². The second-order valence-corrected chi connectivity index (χ2v) is 5.26. The van der Waals surface area contributed by atoms with E-state index in [-0.39, 0.29) is 11.3 Å². The maximum absolute atomic E-state index is 11.5. The van der Waals surface area contributed by atoms with Crippen LogP contribution in [0.1, 0.15) is 15.3 Å². The van der Waals surface area contributed by atoms with Crippen molar-refractivity contribution in [2.75, 3.05) is 12.4 Å². The third-order valence-electron chi connectivity index (χ3n) is 2.66. The fourth-order valence-electron chi connectivity index (χ4n) is 1.61. The molecule has 0 aliphatic rings. The highest BCUT2D eigenvalue weighted by Crippen LogP contribution is 2.22. The molecule has 2 rings (SSSR count). The Kier molecular flexibility index (Phi) is 3.66. The van der Waals surface area contributed by atoms with E-state index in [1.165, 1.54) is 28.8 Å². The molecule has 2 aromatic heterocycles. The van der Waals surface area contributed by atoms with Crippen molar-refractivity contribution in [2.45, 2.75) is 20.4 Å². The number of ether oxygens (including phenoxy) is 1. The zero-order valence-electron chi connectivity index (χ0n) is 10.5. The van der Waals surface area contributed by atoms with E-state index in [0.717, 1.165) is 0 Å². The van der Waals surface area contributed by atoms with Crippen LogP contribution in [-0.4, -0.2) is 17.1 Å². The van der Waals surface area contributed by atoms with Gasteiger partial charge in [-0.25, -0.2) is 4.98 Å². The Bertz CT molecular complexity index is 584. The molecule has 0 spiro atoms. The zero-order chi connectivity index (χ0) is 13.1. The van der Waals surface area contributed by atoms with E-state index in [2.05, 4.69) is 35.2 Å². The van der Waals surface area contributed by atoms with E-state index in [0.29, 0.717) is 12.4 Å². The first-order chi connectivity index (χ1) is 8.61. The molecule has 96 valence electrons. The average molecular weight is 265 g/mol. The van der Waals surface area contributed by atoms with Crippen LogP contribution in [0.5, 0.6) is 5.75 Å². The van der Waals surface area contributed by atoms with E-state index in [9.17, 15) is 4.79 Å². The van der Waals surface area contributed by atoms with Gasteiger partial charge in [0.2, 0.25) is 5.75 Å². The lowest BCUT2D eigenvalue weighted by atomic mass is 10.3. The molecule has 0 aromatic carbocycles. The lowest BCUT2D eigenvalue weighted by Gasteiger charge is -2.07. The van der Waals surface area contributed by atoms with Crippen LogP contribution in [0.3, 0.4) is 0 Å². The van der Waals surface area contributed by atoms with Gasteiger partial charge in [-0.3, -0.25) is 4.79 Å². The summed E-state index contributed by atoms with van der Waals surface area (Å²) in [6.45, 7) is 4.81. The highest BCUT2D eigenvalue weighted by Gasteiger charge is 2.09. The molecular weight excluding hydrogens is 250 g/mol. The number of anilines is 1. The van der Waals surface area contributed by atoms with Crippen molar-refractivity contribution in [3.8, 4) is 5.75 Å². The second-order valence-electron chi connectivity index (χ2n) is 3.92. The molecule has 0 atom stereocenters. The number of methoxy groups -OCH3 is 1. The molecule has 0 aliphatic heterocycles. The molecule has 0 bridgehead atoms. The van der Waals surface area contributed by atoms with Gasteiger partial charge >= 0.3 is 0 Å². The van der Waals surface area contributed by atoms with Crippen molar-refractivity contribution in [3.05, 3.63) is 38.1 Å².